The van der Waals surface area contributed by atoms with E-state index in [9.17, 15) is 21.6 Å². The maximum atomic E-state index is 13.4. The lowest BCUT2D eigenvalue weighted by Crippen LogP contribution is -2.56. The number of amides is 1. The number of sulfonamides is 1. The molecule has 0 N–H and O–H groups in total. The number of fused-ring (bicyclic) bond motifs is 1. The van der Waals surface area contributed by atoms with E-state index in [0.29, 0.717) is 44.0 Å². The number of sulfone groups is 1. The SMILES string of the molecule is CN(C)N(C(=O)[C@H]1CCCN1S(=O)(=O)c1ccc2c(c1)OCCO2)[C@@H]1CCS(=O)(=O)C1. The minimum Gasteiger partial charge on any atom is -0.486 e. The van der Waals surface area contributed by atoms with Crippen molar-refractivity contribution in [1.29, 1.82) is 0 Å². The smallest absolute Gasteiger partial charge is 0.255 e. The van der Waals surface area contributed by atoms with Crippen LogP contribution in [0.15, 0.2) is 23.1 Å². The number of hydrogen-bond acceptors (Lipinski definition) is 8. The molecule has 3 aliphatic rings. The average Bonchev–Trinajstić information content (AvgIpc) is 3.34. The fourth-order valence-corrected chi connectivity index (χ4v) is 7.78. The maximum absolute atomic E-state index is 13.4. The third-order valence-corrected chi connectivity index (χ3v) is 9.47. The van der Waals surface area contributed by atoms with Crippen molar-refractivity contribution in [2.45, 2.75) is 36.2 Å². The molecule has 0 aromatic heterocycles. The second-order valence-corrected chi connectivity index (χ2v) is 12.3. The van der Waals surface area contributed by atoms with Gasteiger partial charge in [-0.2, -0.15) is 4.31 Å². The van der Waals surface area contributed by atoms with E-state index in [1.807, 2.05) is 0 Å². The molecule has 1 amide bonds. The highest BCUT2D eigenvalue weighted by Gasteiger charge is 2.45. The van der Waals surface area contributed by atoms with Crippen LogP contribution >= 0.6 is 0 Å². The van der Waals surface area contributed by atoms with Gasteiger partial charge in [0.05, 0.1) is 22.4 Å². The minimum absolute atomic E-state index is 0.0269. The van der Waals surface area contributed by atoms with Crippen molar-refractivity contribution >= 4 is 25.8 Å². The van der Waals surface area contributed by atoms with E-state index in [-0.39, 0.29) is 22.9 Å². The summed E-state index contributed by atoms with van der Waals surface area (Å²) in [6.45, 7) is 0.958. The Morgan fingerprint density at radius 2 is 1.84 bits per heavy atom. The van der Waals surface area contributed by atoms with Gasteiger partial charge in [0.2, 0.25) is 10.0 Å². The van der Waals surface area contributed by atoms with E-state index < -0.39 is 37.9 Å². The Labute approximate surface area is 182 Å². The van der Waals surface area contributed by atoms with Crippen LogP contribution in [-0.2, 0) is 24.7 Å². The number of rotatable bonds is 5. The van der Waals surface area contributed by atoms with E-state index in [4.69, 9.17) is 9.47 Å². The van der Waals surface area contributed by atoms with Crippen LogP contribution in [0.5, 0.6) is 11.5 Å². The molecule has 172 valence electrons. The zero-order valence-electron chi connectivity index (χ0n) is 17.6. The van der Waals surface area contributed by atoms with Gasteiger partial charge < -0.3 is 9.47 Å². The van der Waals surface area contributed by atoms with Gasteiger partial charge in [-0.25, -0.2) is 21.8 Å². The van der Waals surface area contributed by atoms with Crippen LogP contribution in [0.2, 0.25) is 0 Å². The largest absolute Gasteiger partial charge is 0.486 e. The summed E-state index contributed by atoms with van der Waals surface area (Å²) in [5.74, 6) is 0.365. The molecule has 3 heterocycles. The topological polar surface area (TPSA) is 114 Å². The molecule has 0 saturated carbocycles. The van der Waals surface area contributed by atoms with E-state index in [1.54, 1.807) is 25.2 Å². The van der Waals surface area contributed by atoms with Gasteiger partial charge in [-0.15, -0.1) is 0 Å². The first-order valence-corrected chi connectivity index (χ1v) is 13.5. The second kappa shape index (κ2) is 8.23. The van der Waals surface area contributed by atoms with Crippen molar-refractivity contribution in [3.63, 3.8) is 0 Å². The second-order valence-electron chi connectivity index (χ2n) is 8.17. The molecule has 4 rings (SSSR count). The lowest BCUT2D eigenvalue weighted by Gasteiger charge is -2.37. The van der Waals surface area contributed by atoms with Gasteiger partial charge in [-0.1, -0.05) is 0 Å². The summed E-state index contributed by atoms with van der Waals surface area (Å²) in [6.07, 6.45) is 1.27. The molecule has 2 saturated heterocycles. The highest BCUT2D eigenvalue weighted by atomic mass is 32.2. The highest BCUT2D eigenvalue weighted by Crippen LogP contribution is 2.35. The van der Waals surface area contributed by atoms with Crippen molar-refractivity contribution in [1.82, 2.24) is 14.3 Å². The van der Waals surface area contributed by atoms with Crippen LogP contribution in [-0.4, -0.2) is 94.5 Å². The number of hydrazine groups is 1. The summed E-state index contributed by atoms with van der Waals surface area (Å²) >= 11 is 0. The molecule has 12 heteroatoms. The van der Waals surface area contributed by atoms with Crippen LogP contribution in [0, 0.1) is 0 Å². The average molecular weight is 474 g/mol. The minimum atomic E-state index is -3.96. The van der Waals surface area contributed by atoms with Gasteiger partial charge in [-0.05, 0) is 31.4 Å². The molecular weight excluding hydrogens is 446 g/mol. The third-order valence-electron chi connectivity index (χ3n) is 5.82. The summed E-state index contributed by atoms with van der Waals surface area (Å²) in [4.78, 5) is 13.5. The molecule has 2 fully saturated rings. The number of carbonyl (C=O) groups excluding carboxylic acids is 1. The Bertz CT molecular complexity index is 1070. The Balaban J connectivity index is 1.61. The van der Waals surface area contributed by atoms with Crippen LogP contribution in [0.4, 0.5) is 0 Å². The van der Waals surface area contributed by atoms with Crippen molar-refractivity contribution in [3.05, 3.63) is 18.2 Å². The number of hydrogen-bond donors (Lipinski definition) is 0. The van der Waals surface area contributed by atoms with Crippen molar-refractivity contribution in [2.75, 3.05) is 45.4 Å². The van der Waals surface area contributed by atoms with E-state index in [1.165, 1.54) is 21.4 Å². The molecule has 31 heavy (non-hydrogen) atoms. The highest BCUT2D eigenvalue weighted by molar-refractivity contribution is 7.91. The molecule has 0 bridgehead atoms. The summed E-state index contributed by atoms with van der Waals surface area (Å²) in [7, 11) is -3.83. The predicted octanol–water partition coefficient (Wildman–Crippen LogP) is 0.103. The Morgan fingerprint density at radius 3 is 2.48 bits per heavy atom. The Morgan fingerprint density at radius 1 is 1.13 bits per heavy atom. The molecule has 0 spiro atoms. The van der Waals surface area contributed by atoms with Gasteiger partial charge in [0.15, 0.2) is 21.3 Å². The zero-order valence-corrected chi connectivity index (χ0v) is 19.2. The van der Waals surface area contributed by atoms with Crippen LogP contribution in [0.1, 0.15) is 19.3 Å². The monoisotopic (exact) mass is 473 g/mol. The van der Waals surface area contributed by atoms with Crippen molar-refractivity contribution in [3.8, 4) is 11.5 Å². The summed E-state index contributed by atoms with van der Waals surface area (Å²) in [5.41, 5.74) is 0. The first kappa shape index (κ1) is 22.3. The van der Waals surface area contributed by atoms with Gasteiger partial charge in [0.1, 0.15) is 19.3 Å². The van der Waals surface area contributed by atoms with E-state index in [0.717, 1.165) is 0 Å². The van der Waals surface area contributed by atoms with E-state index in [2.05, 4.69) is 0 Å². The fourth-order valence-electron chi connectivity index (χ4n) is 4.42. The van der Waals surface area contributed by atoms with Gasteiger partial charge in [-0.3, -0.25) is 9.80 Å². The van der Waals surface area contributed by atoms with Crippen LogP contribution in [0.25, 0.3) is 0 Å². The third kappa shape index (κ3) is 4.26. The standard InChI is InChI=1S/C19H27N3O7S2/c1-20(2)22(14-7-11-30(24,25)13-14)19(23)16-4-3-8-21(16)31(26,27)15-5-6-17-18(12-15)29-10-9-28-17/h5-6,12,14,16H,3-4,7-11,13H2,1-2H3/t14-,16-/m1/s1. The molecule has 3 aliphatic heterocycles. The first-order valence-electron chi connectivity index (χ1n) is 10.2. The Kier molecular flexibility index (Phi) is 5.92. The summed E-state index contributed by atoms with van der Waals surface area (Å²) in [6, 6.07) is 3.06. The molecule has 0 aliphatic carbocycles. The maximum Gasteiger partial charge on any atom is 0.255 e. The molecule has 2 atom stereocenters. The van der Waals surface area contributed by atoms with Gasteiger partial charge in [0, 0.05) is 26.7 Å². The number of benzene rings is 1. The fraction of sp³-hybridized carbons (Fsp3) is 0.632. The molecule has 0 unspecified atom stereocenters. The summed E-state index contributed by atoms with van der Waals surface area (Å²) < 4.78 is 62.9. The molecule has 1 aromatic rings. The zero-order chi connectivity index (χ0) is 22.4. The molecule has 1 aromatic carbocycles. The van der Waals surface area contributed by atoms with E-state index >= 15 is 0 Å². The number of carbonyl (C=O) groups is 1. The van der Waals surface area contributed by atoms with Crippen LogP contribution < -0.4 is 9.47 Å². The first-order chi connectivity index (χ1) is 14.6. The molecular formula is C19H27N3O7S2. The van der Waals surface area contributed by atoms with Crippen LogP contribution in [0.3, 0.4) is 0 Å². The number of nitrogens with zero attached hydrogens (tertiary/aromatic N) is 3. The van der Waals surface area contributed by atoms with Gasteiger partial charge in [0.25, 0.3) is 5.91 Å². The normalized spacial score (nSPS) is 25.6. The summed E-state index contributed by atoms with van der Waals surface area (Å²) in [5, 5.41) is 2.97. The lowest BCUT2D eigenvalue weighted by atomic mass is 10.1. The molecule has 0 radical (unpaired) electrons. The molecule has 10 nitrogen and oxygen atoms in total. The van der Waals surface area contributed by atoms with Gasteiger partial charge >= 0.3 is 0 Å². The van der Waals surface area contributed by atoms with Crippen molar-refractivity contribution in [2.24, 2.45) is 0 Å². The Hall–Kier alpha value is -1.89. The lowest BCUT2D eigenvalue weighted by molar-refractivity contribution is -0.152. The van der Waals surface area contributed by atoms with Crippen molar-refractivity contribution < 1.29 is 31.1 Å². The number of ether oxygens (including phenoxy) is 2. The predicted molar refractivity (Wildman–Crippen MR) is 112 cm³/mol. The quantitative estimate of drug-likeness (QED) is 0.554.